The molecule has 1 unspecified atom stereocenters. The maximum Gasteiger partial charge on any atom is 0.310 e. The topological polar surface area (TPSA) is 88.5 Å². The van der Waals surface area contributed by atoms with Crippen molar-refractivity contribution in [1.82, 2.24) is 4.98 Å². The average Bonchev–Trinajstić information content (AvgIpc) is 3.03. The highest BCUT2D eigenvalue weighted by Gasteiger charge is 2.53. The quantitative estimate of drug-likeness (QED) is 0.808. The molecule has 1 fully saturated rings. The molecule has 100 valence electrons. The van der Waals surface area contributed by atoms with Crippen LogP contribution in [0.3, 0.4) is 0 Å². The highest BCUT2D eigenvalue weighted by Crippen LogP contribution is 2.40. The van der Waals surface area contributed by atoms with Gasteiger partial charge in [-0.2, -0.15) is 0 Å². The predicted octanol–water partition coefficient (Wildman–Crippen LogP) is 1.04. The molecule has 2 N–H and O–H groups in total. The molecule has 4 atom stereocenters. The smallest absolute Gasteiger partial charge is 0.310 e. The van der Waals surface area contributed by atoms with Crippen LogP contribution in [0.25, 0.3) is 0 Å². The molecule has 3 heterocycles. The number of carbonyl (C=O) groups excluding carboxylic acids is 1. The lowest BCUT2D eigenvalue weighted by atomic mass is 9.82. The second kappa shape index (κ2) is 4.43. The first-order chi connectivity index (χ1) is 9.06. The maximum atomic E-state index is 12.2. The first kappa shape index (κ1) is 12.3. The minimum Gasteiger partial charge on any atom is -0.481 e. The summed E-state index contributed by atoms with van der Waals surface area (Å²) in [5.41, 5.74) is 0. The van der Waals surface area contributed by atoms with E-state index in [1.165, 1.54) is 11.3 Å². The molecule has 3 rings (SSSR count). The Morgan fingerprint density at radius 1 is 1.37 bits per heavy atom. The number of aryl methyl sites for hydroxylation is 1. The van der Waals surface area contributed by atoms with Crippen LogP contribution >= 0.6 is 11.3 Å². The van der Waals surface area contributed by atoms with E-state index in [-0.39, 0.29) is 5.91 Å². The van der Waals surface area contributed by atoms with Crippen molar-refractivity contribution < 1.29 is 19.4 Å². The third-order valence-corrected chi connectivity index (χ3v) is 4.17. The Balaban J connectivity index is 1.79. The van der Waals surface area contributed by atoms with Gasteiger partial charge in [-0.15, -0.1) is 11.3 Å². The fourth-order valence-electron chi connectivity index (χ4n) is 2.52. The molecule has 0 spiro atoms. The summed E-state index contributed by atoms with van der Waals surface area (Å²) in [5, 5.41) is 12.4. The van der Waals surface area contributed by atoms with Crippen LogP contribution in [-0.4, -0.2) is 34.2 Å². The summed E-state index contributed by atoms with van der Waals surface area (Å²) >= 11 is 1.36. The van der Waals surface area contributed by atoms with Crippen molar-refractivity contribution in [3.05, 3.63) is 23.2 Å². The van der Waals surface area contributed by atoms with E-state index < -0.39 is 30.0 Å². The third kappa shape index (κ3) is 2.04. The lowest BCUT2D eigenvalue weighted by molar-refractivity contribution is -0.145. The van der Waals surface area contributed by atoms with E-state index in [0.29, 0.717) is 5.13 Å². The molecule has 2 bridgehead atoms. The van der Waals surface area contributed by atoms with Crippen LogP contribution in [0.2, 0.25) is 0 Å². The standard InChI is InChI=1S/C12H12N2O4S/c1-5-4-13-12(19-5)14-10(15)8-6-2-3-7(18-6)9(8)11(16)17/h2-4,6-9H,1H3,(H,16,17)(H,13,14,15)/t6-,7+,8?,9+/m1/s1. The first-order valence-corrected chi connectivity index (χ1v) is 6.68. The van der Waals surface area contributed by atoms with E-state index in [4.69, 9.17) is 4.74 Å². The number of thiazole rings is 1. The molecule has 0 aromatic carbocycles. The van der Waals surface area contributed by atoms with Gasteiger partial charge in [0.1, 0.15) is 5.92 Å². The number of carboxylic acids is 1. The van der Waals surface area contributed by atoms with Gasteiger partial charge < -0.3 is 15.2 Å². The van der Waals surface area contributed by atoms with Gasteiger partial charge in [0.2, 0.25) is 5.91 Å². The van der Waals surface area contributed by atoms with Crippen LogP contribution < -0.4 is 5.32 Å². The van der Waals surface area contributed by atoms with Gasteiger partial charge in [0.15, 0.2) is 5.13 Å². The van der Waals surface area contributed by atoms with E-state index in [0.717, 1.165) is 4.88 Å². The summed E-state index contributed by atoms with van der Waals surface area (Å²) < 4.78 is 5.45. The zero-order valence-electron chi connectivity index (χ0n) is 10.1. The van der Waals surface area contributed by atoms with E-state index in [2.05, 4.69) is 10.3 Å². The fourth-order valence-corrected chi connectivity index (χ4v) is 3.18. The molecule has 0 radical (unpaired) electrons. The number of aromatic nitrogens is 1. The van der Waals surface area contributed by atoms with Crippen LogP contribution in [0, 0.1) is 18.8 Å². The number of aliphatic carboxylic acids is 1. The van der Waals surface area contributed by atoms with Crippen molar-refractivity contribution in [3.8, 4) is 0 Å². The summed E-state index contributed by atoms with van der Waals surface area (Å²) in [5.74, 6) is -2.88. The number of carboxylic acid groups (broad SMARTS) is 1. The van der Waals surface area contributed by atoms with Crippen molar-refractivity contribution in [2.24, 2.45) is 11.8 Å². The summed E-state index contributed by atoms with van der Waals surface area (Å²) in [6.45, 7) is 1.89. The van der Waals surface area contributed by atoms with Gasteiger partial charge >= 0.3 is 5.97 Å². The number of fused-ring (bicyclic) bond motifs is 2. The maximum absolute atomic E-state index is 12.2. The van der Waals surface area contributed by atoms with Crippen LogP contribution in [-0.2, 0) is 14.3 Å². The molecular formula is C12H12N2O4S. The Morgan fingerprint density at radius 2 is 2.05 bits per heavy atom. The summed E-state index contributed by atoms with van der Waals surface area (Å²) in [7, 11) is 0. The number of rotatable bonds is 3. The van der Waals surface area contributed by atoms with Gasteiger partial charge in [0.25, 0.3) is 0 Å². The van der Waals surface area contributed by atoms with Gasteiger partial charge in [0, 0.05) is 11.1 Å². The van der Waals surface area contributed by atoms with Crippen molar-refractivity contribution in [2.75, 3.05) is 5.32 Å². The predicted molar refractivity (Wildman–Crippen MR) is 67.9 cm³/mol. The average molecular weight is 280 g/mol. The van der Waals surface area contributed by atoms with Crippen LogP contribution in [0.5, 0.6) is 0 Å². The lowest BCUT2D eigenvalue weighted by Crippen LogP contribution is -2.39. The Morgan fingerprint density at radius 3 is 2.63 bits per heavy atom. The number of nitrogens with one attached hydrogen (secondary N) is 1. The van der Waals surface area contributed by atoms with E-state index >= 15 is 0 Å². The minimum atomic E-state index is -1.01. The molecule has 2 aliphatic heterocycles. The Labute approximate surface area is 113 Å². The van der Waals surface area contributed by atoms with E-state index in [1.54, 1.807) is 18.3 Å². The van der Waals surface area contributed by atoms with Crippen molar-refractivity contribution in [2.45, 2.75) is 19.1 Å². The Hall–Kier alpha value is -1.73. The fraction of sp³-hybridized carbons (Fsp3) is 0.417. The second-order valence-electron chi connectivity index (χ2n) is 4.61. The first-order valence-electron chi connectivity index (χ1n) is 5.86. The second-order valence-corrected chi connectivity index (χ2v) is 5.84. The largest absolute Gasteiger partial charge is 0.481 e. The molecule has 1 saturated heterocycles. The number of carbonyl (C=O) groups is 2. The monoisotopic (exact) mass is 280 g/mol. The minimum absolute atomic E-state index is 0.349. The summed E-state index contributed by atoms with van der Waals surface area (Å²) in [4.78, 5) is 28.5. The summed E-state index contributed by atoms with van der Waals surface area (Å²) in [6.07, 6.45) is 4.16. The van der Waals surface area contributed by atoms with Crippen LogP contribution in [0.1, 0.15) is 4.88 Å². The molecule has 1 aromatic rings. The molecule has 2 aliphatic rings. The van der Waals surface area contributed by atoms with Gasteiger partial charge in [-0.1, -0.05) is 12.2 Å². The molecule has 19 heavy (non-hydrogen) atoms. The zero-order chi connectivity index (χ0) is 13.6. The molecule has 0 saturated carbocycles. The number of hydrogen-bond acceptors (Lipinski definition) is 5. The van der Waals surface area contributed by atoms with Gasteiger partial charge in [-0.3, -0.25) is 9.59 Å². The molecular weight excluding hydrogens is 268 g/mol. The number of anilines is 1. The van der Waals surface area contributed by atoms with E-state index in [1.807, 2.05) is 6.92 Å². The van der Waals surface area contributed by atoms with Crippen molar-refractivity contribution in [1.29, 1.82) is 0 Å². The van der Waals surface area contributed by atoms with Gasteiger partial charge in [-0.05, 0) is 6.92 Å². The summed E-state index contributed by atoms with van der Waals surface area (Å²) in [6, 6.07) is 0. The van der Waals surface area contributed by atoms with Crippen LogP contribution in [0.15, 0.2) is 18.3 Å². The normalized spacial score (nSPS) is 31.6. The molecule has 0 aliphatic carbocycles. The van der Waals surface area contributed by atoms with Gasteiger partial charge in [0.05, 0.1) is 18.1 Å². The van der Waals surface area contributed by atoms with Crippen LogP contribution in [0.4, 0.5) is 5.13 Å². The number of hydrogen-bond donors (Lipinski definition) is 2. The Bertz CT molecular complexity index is 568. The van der Waals surface area contributed by atoms with E-state index in [9.17, 15) is 14.7 Å². The molecule has 6 nitrogen and oxygen atoms in total. The lowest BCUT2D eigenvalue weighted by Gasteiger charge is -2.20. The highest BCUT2D eigenvalue weighted by molar-refractivity contribution is 7.15. The highest BCUT2D eigenvalue weighted by atomic mass is 32.1. The van der Waals surface area contributed by atoms with Crippen molar-refractivity contribution in [3.63, 3.8) is 0 Å². The van der Waals surface area contributed by atoms with Gasteiger partial charge in [-0.25, -0.2) is 4.98 Å². The molecule has 1 amide bonds. The molecule has 1 aromatic heterocycles. The SMILES string of the molecule is Cc1cnc(NC(=O)C2[C@@H](C(=O)O)[C@@H]3C=C[C@H]2O3)s1. The number of ether oxygens (including phenoxy) is 1. The number of amides is 1. The zero-order valence-corrected chi connectivity index (χ0v) is 10.9. The molecule has 7 heteroatoms. The third-order valence-electron chi connectivity index (χ3n) is 3.34. The van der Waals surface area contributed by atoms with Crippen molar-refractivity contribution >= 4 is 28.3 Å². The Kier molecular flexibility index (Phi) is 2.87. The number of nitrogens with zero attached hydrogens (tertiary/aromatic N) is 1.